The van der Waals surface area contributed by atoms with Crippen molar-refractivity contribution in [2.45, 2.75) is 19.3 Å². The molecule has 14 heavy (non-hydrogen) atoms. The lowest BCUT2D eigenvalue weighted by Crippen LogP contribution is -2.03. The SMILES string of the molecule is N#CC1(Cc2ccc(F)cc2F)CC1. The van der Waals surface area contributed by atoms with Gasteiger partial charge in [0.2, 0.25) is 0 Å². The monoisotopic (exact) mass is 193 g/mol. The highest BCUT2D eigenvalue weighted by Crippen LogP contribution is 2.47. The summed E-state index contributed by atoms with van der Waals surface area (Å²) in [6.07, 6.45) is 2.04. The van der Waals surface area contributed by atoms with Crippen LogP contribution in [0.25, 0.3) is 0 Å². The van der Waals surface area contributed by atoms with Crippen LogP contribution in [-0.2, 0) is 6.42 Å². The van der Waals surface area contributed by atoms with E-state index in [-0.39, 0.29) is 5.41 Å². The number of benzene rings is 1. The molecule has 1 aliphatic carbocycles. The Balaban J connectivity index is 2.22. The molecule has 0 spiro atoms. The molecule has 0 atom stereocenters. The number of hydrogen-bond acceptors (Lipinski definition) is 1. The van der Waals surface area contributed by atoms with Gasteiger partial charge in [0.15, 0.2) is 0 Å². The summed E-state index contributed by atoms with van der Waals surface area (Å²) < 4.78 is 25.8. The predicted octanol–water partition coefficient (Wildman–Crippen LogP) is 2.81. The van der Waals surface area contributed by atoms with Gasteiger partial charge in [-0.15, -0.1) is 0 Å². The van der Waals surface area contributed by atoms with Gasteiger partial charge in [0.1, 0.15) is 11.6 Å². The summed E-state index contributed by atoms with van der Waals surface area (Å²) in [6.45, 7) is 0. The van der Waals surface area contributed by atoms with Crippen LogP contribution in [0.15, 0.2) is 18.2 Å². The fourth-order valence-electron chi connectivity index (χ4n) is 1.51. The van der Waals surface area contributed by atoms with Gasteiger partial charge in [0, 0.05) is 6.07 Å². The lowest BCUT2D eigenvalue weighted by molar-refractivity contribution is 0.554. The molecule has 1 fully saturated rings. The van der Waals surface area contributed by atoms with Crippen LogP contribution in [0.5, 0.6) is 0 Å². The summed E-state index contributed by atoms with van der Waals surface area (Å²) in [7, 11) is 0. The smallest absolute Gasteiger partial charge is 0.129 e. The van der Waals surface area contributed by atoms with Gasteiger partial charge >= 0.3 is 0 Å². The predicted molar refractivity (Wildman–Crippen MR) is 47.3 cm³/mol. The van der Waals surface area contributed by atoms with E-state index in [9.17, 15) is 8.78 Å². The van der Waals surface area contributed by atoms with Gasteiger partial charge in [0.05, 0.1) is 11.5 Å². The van der Waals surface area contributed by atoms with Crippen LogP contribution >= 0.6 is 0 Å². The fraction of sp³-hybridized carbons (Fsp3) is 0.364. The van der Waals surface area contributed by atoms with Crippen molar-refractivity contribution in [3.8, 4) is 6.07 Å². The Morgan fingerprint density at radius 1 is 1.36 bits per heavy atom. The largest absolute Gasteiger partial charge is 0.207 e. The third-order valence-electron chi connectivity index (χ3n) is 2.63. The van der Waals surface area contributed by atoms with Gasteiger partial charge in [-0.3, -0.25) is 0 Å². The molecule has 0 aromatic heterocycles. The topological polar surface area (TPSA) is 23.8 Å². The average molecular weight is 193 g/mol. The third-order valence-corrected chi connectivity index (χ3v) is 2.63. The van der Waals surface area contributed by atoms with Gasteiger partial charge in [-0.05, 0) is 30.9 Å². The van der Waals surface area contributed by atoms with E-state index in [4.69, 9.17) is 5.26 Å². The first-order valence-electron chi connectivity index (χ1n) is 4.50. The minimum Gasteiger partial charge on any atom is -0.207 e. The van der Waals surface area contributed by atoms with Gasteiger partial charge in [-0.2, -0.15) is 5.26 Å². The molecule has 0 N–H and O–H groups in total. The van der Waals surface area contributed by atoms with E-state index < -0.39 is 11.6 Å². The van der Waals surface area contributed by atoms with Gasteiger partial charge < -0.3 is 0 Å². The minimum absolute atomic E-state index is 0.376. The van der Waals surface area contributed by atoms with Crippen molar-refractivity contribution < 1.29 is 8.78 Å². The van der Waals surface area contributed by atoms with Crippen LogP contribution in [0.1, 0.15) is 18.4 Å². The number of rotatable bonds is 2. The molecule has 0 unspecified atom stereocenters. The van der Waals surface area contributed by atoms with E-state index in [2.05, 4.69) is 6.07 Å². The molecule has 0 bridgehead atoms. The summed E-state index contributed by atoms with van der Waals surface area (Å²) in [6, 6.07) is 5.69. The van der Waals surface area contributed by atoms with E-state index >= 15 is 0 Å². The normalized spacial score (nSPS) is 17.5. The van der Waals surface area contributed by atoms with Crippen molar-refractivity contribution >= 4 is 0 Å². The Morgan fingerprint density at radius 2 is 2.07 bits per heavy atom. The Hall–Kier alpha value is -1.43. The van der Waals surface area contributed by atoms with Crippen LogP contribution in [-0.4, -0.2) is 0 Å². The van der Waals surface area contributed by atoms with Crippen LogP contribution in [0, 0.1) is 28.4 Å². The summed E-state index contributed by atoms with van der Waals surface area (Å²) in [5.41, 5.74) is 0.0593. The summed E-state index contributed by atoms with van der Waals surface area (Å²) in [4.78, 5) is 0. The maximum Gasteiger partial charge on any atom is 0.129 e. The first-order chi connectivity index (χ1) is 6.65. The maximum absolute atomic E-state index is 13.2. The molecule has 72 valence electrons. The molecule has 2 rings (SSSR count). The summed E-state index contributed by atoms with van der Waals surface area (Å²) in [5.74, 6) is -1.13. The molecule has 1 nitrogen and oxygen atoms in total. The highest BCUT2D eigenvalue weighted by Gasteiger charge is 2.43. The Labute approximate surface area is 81.0 Å². The quantitative estimate of drug-likeness (QED) is 0.708. The van der Waals surface area contributed by atoms with Crippen molar-refractivity contribution in [3.63, 3.8) is 0 Å². The molecule has 0 amide bonds. The van der Waals surface area contributed by atoms with E-state index in [1.807, 2.05) is 0 Å². The molecule has 0 saturated heterocycles. The van der Waals surface area contributed by atoms with Gasteiger partial charge in [-0.25, -0.2) is 8.78 Å². The Kier molecular flexibility index (Phi) is 1.99. The zero-order valence-electron chi connectivity index (χ0n) is 7.56. The van der Waals surface area contributed by atoms with Crippen LogP contribution in [0.3, 0.4) is 0 Å². The van der Waals surface area contributed by atoms with Gasteiger partial charge in [-0.1, -0.05) is 6.07 Å². The molecular weight excluding hydrogens is 184 g/mol. The number of nitriles is 1. The highest BCUT2D eigenvalue weighted by atomic mass is 19.1. The molecule has 0 aliphatic heterocycles. The zero-order chi connectivity index (χ0) is 10.2. The van der Waals surface area contributed by atoms with Crippen LogP contribution in [0.4, 0.5) is 8.78 Å². The van der Waals surface area contributed by atoms with Crippen LogP contribution < -0.4 is 0 Å². The van der Waals surface area contributed by atoms with Crippen molar-refractivity contribution in [1.82, 2.24) is 0 Å². The molecule has 0 radical (unpaired) electrons. The Bertz CT molecular complexity index is 402. The van der Waals surface area contributed by atoms with Gasteiger partial charge in [0.25, 0.3) is 0 Å². The van der Waals surface area contributed by atoms with E-state index in [1.54, 1.807) is 0 Å². The second kappa shape index (κ2) is 3.06. The lowest BCUT2D eigenvalue weighted by atomic mass is 9.98. The molecule has 3 heteroatoms. The zero-order valence-corrected chi connectivity index (χ0v) is 7.56. The van der Waals surface area contributed by atoms with Crippen molar-refractivity contribution in [3.05, 3.63) is 35.4 Å². The highest BCUT2D eigenvalue weighted by molar-refractivity contribution is 5.25. The van der Waals surface area contributed by atoms with E-state index in [0.29, 0.717) is 12.0 Å². The standard InChI is InChI=1S/C11H9F2N/c12-9-2-1-8(10(13)5-9)6-11(7-14)3-4-11/h1-2,5H,3-4,6H2. The van der Waals surface area contributed by atoms with E-state index in [0.717, 1.165) is 18.9 Å². The molecule has 1 aromatic carbocycles. The first kappa shape index (κ1) is 9.14. The lowest BCUT2D eigenvalue weighted by Gasteiger charge is -2.06. The number of nitrogens with zero attached hydrogens (tertiary/aromatic N) is 1. The second-order valence-corrected chi connectivity index (χ2v) is 3.80. The van der Waals surface area contributed by atoms with E-state index in [1.165, 1.54) is 12.1 Å². The fourth-order valence-corrected chi connectivity index (χ4v) is 1.51. The number of hydrogen-bond donors (Lipinski definition) is 0. The molecule has 1 saturated carbocycles. The molecule has 1 aromatic rings. The summed E-state index contributed by atoms with van der Waals surface area (Å²) in [5, 5.41) is 8.82. The third kappa shape index (κ3) is 1.60. The average Bonchev–Trinajstić information content (AvgIpc) is 2.91. The molecule has 0 heterocycles. The second-order valence-electron chi connectivity index (χ2n) is 3.80. The minimum atomic E-state index is -0.576. The van der Waals surface area contributed by atoms with Crippen molar-refractivity contribution in [2.75, 3.05) is 0 Å². The molecule has 1 aliphatic rings. The Morgan fingerprint density at radius 3 is 2.57 bits per heavy atom. The summed E-state index contributed by atoms with van der Waals surface area (Å²) >= 11 is 0. The first-order valence-corrected chi connectivity index (χ1v) is 4.50. The number of halogens is 2. The van der Waals surface area contributed by atoms with Crippen LogP contribution in [0.2, 0.25) is 0 Å². The van der Waals surface area contributed by atoms with Crippen molar-refractivity contribution in [1.29, 1.82) is 5.26 Å². The maximum atomic E-state index is 13.2. The molecular formula is C11H9F2N. The van der Waals surface area contributed by atoms with Crippen molar-refractivity contribution in [2.24, 2.45) is 5.41 Å².